The second-order valence-electron chi connectivity index (χ2n) is 3.88. The van der Waals surface area contributed by atoms with Crippen LogP contribution in [0.4, 0.5) is 5.82 Å². The number of aryl methyl sites for hydroxylation is 1. The normalized spacial score (nSPS) is 11.5. The van der Waals surface area contributed by atoms with E-state index in [0.29, 0.717) is 18.1 Å². The summed E-state index contributed by atoms with van der Waals surface area (Å²) in [7, 11) is -3.71. The van der Waals surface area contributed by atoms with Crippen molar-refractivity contribution >= 4 is 15.8 Å². The minimum Gasteiger partial charge on any atom is -0.339 e. The number of nitrogen functional groups attached to an aromatic ring is 1. The molecule has 108 valence electrons. The Labute approximate surface area is 115 Å². The van der Waals surface area contributed by atoms with Gasteiger partial charge in [-0.05, 0) is 19.1 Å². The van der Waals surface area contributed by atoms with Crippen LogP contribution in [0.1, 0.15) is 11.7 Å². The Balaban J connectivity index is 2.04. The first kappa shape index (κ1) is 14.4. The zero-order chi connectivity index (χ0) is 14.6. The Morgan fingerprint density at radius 2 is 2.25 bits per heavy atom. The van der Waals surface area contributed by atoms with Crippen LogP contribution in [0.3, 0.4) is 0 Å². The molecule has 0 spiro atoms. The van der Waals surface area contributed by atoms with Crippen LogP contribution in [0.25, 0.3) is 0 Å². The monoisotopic (exact) mass is 298 g/mol. The highest BCUT2D eigenvalue weighted by Gasteiger charge is 2.18. The fourth-order valence-corrected chi connectivity index (χ4v) is 2.68. The third-order valence-electron chi connectivity index (χ3n) is 2.40. The lowest BCUT2D eigenvalue weighted by Gasteiger charge is -2.09. The summed E-state index contributed by atoms with van der Waals surface area (Å²) in [5.74, 6) is 6.18. The fourth-order valence-electron chi connectivity index (χ4n) is 1.53. The Morgan fingerprint density at radius 1 is 1.45 bits per heavy atom. The van der Waals surface area contributed by atoms with E-state index >= 15 is 0 Å². The van der Waals surface area contributed by atoms with Gasteiger partial charge in [0.2, 0.25) is 15.9 Å². The van der Waals surface area contributed by atoms with E-state index in [-0.39, 0.29) is 17.3 Å². The standard InChI is InChI=1S/C10H14N6O3S/c1-7-14-9(19-16-7)4-6-13-20(17,18)8-3-2-5-12-10(8)15-11/h2-3,5,13H,4,6,11H2,1H3,(H,12,15). The number of hydrazine groups is 1. The molecule has 4 N–H and O–H groups in total. The minimum absolute atomic E-state index is 0.0239. The van der Waals surface area contributed by atoms with Gasteiger partial charge in [0.05, 0.1) is 0 Å². The van der Waals surface area contributed by atoms with Gasteiger partial charge >= 0.3 is 0 Å². The topological polar surface area (TPSA) is 136 Å². The van der Waals surface area contributed by atoms with Crippen LogP contribution in [-0.4, -0.2) is 30.1 Å². The number of anilines is 1. The summed E-state index contributed by atoms with van der Waals surface area (Å²) in [6, 6.07) is 2.91. The Hall–Kier alpha value is -2.04. The molecule has 2 rings (SSSR count). The number of hydrogen-bond acceptors (Lipinski definition) is 8. The predicted octanol–water partition coefficient (Wildman–Crippen LogP) is -0.420. The molecular formula is C10H14N6O3S. The zero-order valence-electron chi connectivity index (χ0n) is 10.7. The van der Waals surface area contributed by atoms with E-state index < -0.39 is 10.0 Å². The molecule has 0 saturated heterocycles. The van der Waals surface area contributed by atoms with E-state index in [9.17, 15) is 8.42 Å². The number of rotatable bonds is 6. The van der Waals surface area contributed by atoms with Crippen LogP contribution in [0, 0.1) is 6.92 Å². The summed E-state index contributed by atoms with van der Waals surface area (Å²) in [5.41, 5.74) is 2.24. The first-order valence-electron chi connectivity index (χ1n) is 5.73. The largest absolute Gasteiger partial charge is 0.339 e. The molecular weight excluding hydrogens is 284 g/mol. The van der Waals surface area contributed by atoms with Gasteiger partial charge in [-0.25, -0.2) is 24.0 Å². The average Bonchev–Trinajstić information content (AvgIpc) is 2.84. The summed E-state index contributed by atoms with van der Waals surface area (Å²) in [5, 5.41) is 3.62. The summed E-state index contributed by atoms with van der Waals surface area (Å²) in [4.78, 5) is 7.79. The molecule has 0 bridgehead atoms. The maximum absolute atomic E-state index is 12.1. The van der Waals surface area contributed by atoms with Crippen molar-refractivity contribution < 1.29 is 12.9 Å². The van der Waals surface area contributed by atoms with Gasteiger partial charge in [0.25, 0.3) is 0 Å². The smallest absolute Gasteiger partial charge is 0.244 e. The molecule has 9 nitrogen and oxygen atoms in total. The number of pyridine rings is 1. The molecule has 2 aromatic rings. The maximum Gasteiger partial charge on any atom is 0.244 e. The first-order chi connectivity index (χ1) is 9.53. The zero-order valence-corrected chi connectivity index (χ0v) is 11.5. The highest BCUT2D eigenvalue weighted by atomic mass is 32.2. The van der Waals surface area contributed by atoms with E-state index in [0.717, 1.165) is 0 Å². The number of aromatic nitrogens is 3. The minimum atomic E-state index is -3.71. The average molecular weight is 298 g/mol. The van der Waals surface area contributed by atoms with Gasteiger partial charge in [-0.3, -0.25) is 0 Å². The molecule has 0 fully saturated rings. The molecule has 20 heavy (non-hydrogen) atoms. The van der Waals surface area contributed by atoms with E-state index in [2.05, 4.69) is 25.3 Å². The number of nitrogens with one attached hydrogen (secondary N) is 2. The molecule has 0 aliphatic rings. The van der Waals surface area contributed by atoms with Crippen molar-refractivity contribution in [2.45, 2.75) is 18.2 Å². The van der Waals surface area contributed by atoms with E-state index in [4.69, 9.17) is 10.4 Å². The molecule has 0 saturated carbocycles. The van der Waals surface area contributed by atoms with Crippen molar-refractivity contribution in [1.82, 2.24) is 19.8 Å². The van der Waals surface area contributed by atoms with Crippen molar-refractivity contribution in [3.63, 3.8) is 0 Å². The predicted molar refractivity (Wildman–Crippen MR) is 70.0 cm³/mol. The lowest BCUT2D eigenvalue weighted by molar-refractivity contribution is 0.375. The lowest BCUT2D eigenvalue weighted by atomic mass is 10.4. The quantitative estimate of drug-likeness (QED) is 0.483. The van der Waals surface area contributed by atoms with Crippen molar-refractivity contribution in [3.05, 3.63) is 30.0 Å². The SMILES string of the molecule is Cc1noc(CCNS(=O)(=O)c2cccnc2NN)n1. The van der Waals surface area contributed by atoms with Gasteiger partial charge in [0.1, 0.15) is 4.90 Å². The summed E-state index contributed by atoms with van der Waals surface area (Å²) in [6.07, 6.45) is 1.74. The van der Waals surface area contributed by atoms with Crippen LogP contribution >= 0.6 is 0 Å². The molecule has 0 aliphatic heterocycles. The molecule has 2 heterocycles. The van der Waals surface area contributed by atoms with Crippen LogP contribution in [0.15, 0.2) is 27.7 Å². The number of sulfonamides is 1. The lowest BCUT2D eigenvalue weighted by Crippen LogP contribution is -2.27. The summed E-state index contributed by atoms with van der Waals surface area (Å²) < 4.78 is 31.5. The Bertz CT molecular complexity index is 684. The van der Waals surface area contributed by atoms with Crippen molar-refractivity contribution in [3.8, 4) is 0 Å². The molecule has 0 amide bonds. The molecule has 0 aliphatic carbocycles. The molecule has 0 unspecified atom stereocenters. The summed E-state index contributed by atoms with van der Waals surface area (Å²) in [6.45, 7) is 1.81. The van der Waals surface area contributed by atoms with Gasteiger partial charge in [0.15, 0.2) is 11.6 Å². The highest BCUT2D eigenvalue weighted by Crippen LogP contribution is 2.16. The summed E-state index contributed by atoms with van der Waals surface area (Å²) >= 11 is 0. The highest BCUT2D eigenvalue weighted by molar-refractivity contribution is 7.89. The molecule has 0 aromatic carbocycles. The maximum atomic E-state index is 12.1. The third kappa shape index (κ3) is 3.29. The second kappa shape index (κ2) is 5.94. The van der Waals surface area contributed by atoms with Crippen LogP contribution in [0.2, 0.25) is 0 Å². The first-order valence-corrected chi connectivity index (χ1v) is 7.22. The van der Waals surface area contributed by atoms with Crippen LogP contribution in [0.5, 0.6) is 0 Å². The van der Waals surface area contributed by atoms with E-state index in [1.165, 1.54) is 18.3 Å². The Kier molecular flexibility index (Phi) is 4.27. The van der Waals surface area contributed by atoms with Crippen LogP contribution < -0.4 is 16.0 Å². The van der Waals surface area contributed by atoms with Crippen molar-refractivity contribution in [2.75, 3.05) is 12.0 Å². The Morgan fingerprint density at radius 3 is 2.90 bits per heavy atom. The molecule has 2 aromatic heterocycles. The van der Waals surface area contributed by atoms with Gasteiger partial charge in [-0.15, -0.1) is 0 Å². The number of nitrogens with two attached hydrogens (primary N) is 1. The van der Waals surface area contributed by atoms with Gasteiger partial charge in [-0.2, -0.15) is 4.98 Å². The van der Waals surface area contributed by atoms with Crippen LogP contribution in [-0.2, 0) is 16.4 Å². The number of nitrogens with zero attached hydrogens (tertiary/aromatic N) is 3. The third-order valence-corrected chi connectivity index (χ3v) is 3.89. The molecule has 10 heteroatoms. The van der Waals surface area contributed by atoms with Crippen molar-refractivity contribution in [2.24, 2.45) is 5.84 Å². The van der Waals surface area contributed by atoms with Crippen molar-refractivity contribution in [1.29, 1.82) is 0 Å². The van der Waals surface area contributed by atoms with E-state index in [1.54, 1.807) is 6.92 Å². The van der Waals surface area contributed by atoms with Gasteiger partial charge in [0, 0.05) is 19.2 Å². The molecule has 0 radical (unpaired) electrons. The van der Waals surface area contributed by atoms with Gasteiger partial charge < -0.3 is 9.95 Å². The second-order valence-corrected chi connectivity index (χ2v) is 5.61. The molecule has 0 atom stereocenters. The number of hydrogen-bond donors (Lipinski definition) is 3. The van der Waals surface area contributed by atoms with Gasteiger partial charge in [-0.1, -0.05) is 5.16 Å². The van der Waals surface area contributed by atoms with E-state index in [1.807, 2.05) is 0 Å². The fraction of sp³-hybridized carbons (Fsp3) is 0.300.